The lowest BCUT2D eigenvalue weighted by Crippen LogP contribution is -2.40. The van der Waals surface area contributed by atoms with E-state index < -0.39 is 13.1 Å². The minimum atomic E-state index is -1.19. The molecule has 0 saturated carbocycles. The Balaban J connectivity index is 3.04. The largest absolute Gasteiger partial charge is 0.497 e. The highest BCUT2D eigenvalue weighted by Crippen LogP contribution is 2.45. The first-order valence-corrected chi connectivity index (χ1v) is 9.47. The van der Waals surface area contributed by atoms with E-state index in [2.05, 4.69) is 52.5 Å². The molecule has 0 amide bonds. The van der Waals surface area contributed by atoms with Crippen LogP contribution < -0.4 is 9.46 Å². The molecule has 1 aromatic rings. The van der Waals surface area contributed by atoms with Crippen molar-refractivity contribution in [1.29, 1.82) is 0 Å². The van der Waals surface area contributed by atoms with Gasteiger partial charge in [0.05, 0.1) is 28.9 Å². The van der Waals surface area contributed by atoms with Crippen molar-refractivity contribution >= 4 is 58.8 Å². The highest BCUT2D eigenvalue weighted by Gasteiger charge is 2.35. The van der Waals surface area contributed by atoms with Crippen molar-refractivity contribution in [2.75, 3.05) is 7.11 Å². The third-order valence-corrected chi connectivity index (χ3v) is 5.49. The van der Waals surface area contributed by atoms with Gasteiger partial charge in [-0.05, 0) is 38.5 Å². The zero-order chi connectivity index (χ0) is 15.6. The summed E-state index contributed by atoms with van der Waals surface area (Å²) < 4.78 is 19.7. The predicted octanol–water partition coefficient (Wildman–Crippen LogP) is 4.63. The van der Waals surface area contributed by atoms with Crippen molar-refractivity contribution in [3.63, 3.8) is 0 Å². The van der Waals surface area contributed by atoms with Gasteiger partial charge in [-0.15, -0.1) is 0 Å². The predicted molar refractivity (Wildman–Crippen MR) is 96.3 cm³/mol. The first-order chi connectivity index (χ1) is 9.05. The molecule has 0 aliphatic rings. The maximum absolute atomic E-state index is 12.3. The van der Waals surface area contributed by atoms with E-state index in [1.54, 1.807) is 7.11 Å². The van der Waals surface area contributed by atoms with E-state index in [4.69, 9.17) is 4.74 Å². The van der Waals surface area contributed by atoms with Crippen LogP contribution in [0.25, 0.3) is 0 Å². The molecule has 1 rings (SSSR count). The number of hydrogen-bond donors (Lipinski definition) is 1. The van der Waals surface area contributed by atoms with Gasteiger partial charge in [-0.1, -0.05) is 59.9 Å². The standard InChI is InChI=1S/C13H18Br3NO2S/c1-12(2,3)20(18)17-11(13(14,15)16)9-5-7-10(19-4)8-6-9/h5-8,11,17H,1-4H3/t11-,20?/m0/s1. The summed E-state index contributed by atoms with van der Waals surface area (Å²) in [6.07, 6.45) is 0. The number of ether oxygens (including phenoxy) is 1. The van der Waals surface area contributed by atoms with Crippen molar-refractivity contribution in [2.45, 2.75) is 33.7 Å². The van der Waals surface area contributed by atoms with Gasteiger partial charge in [0.1, 0.15) is 5.75 Å². The van der Waals surface area contributed by atoms with Crippen LogP contribution in [0.3, 0.4) is 0 Å². The van der Waals surface area contributed by atoms with Crippen LogP contribution in [0.4, 0.5) is 0 Å². The summed E-state index contributed by atoms with van der Waals surface area (Å²) in [4.78, 5) is 0. The molecule has 0 heterocycles. The average molecular weight is 492 g/mol. The SMILES string of the molecule is COc1ccc([C@H](NS(=O)C(C)(C)C)C(Br)(Br)Br)cc1. The second-order valence-corrected chi connectivity index (χ2v) is 14.2. The van der Waals surface area contributed by atoms with Crippen molar-refractivity contribution in [2.24, 2.45) is 0 Å². The second-order valence-electron chi connectivity index (χ2n) is 5.25. The minimum Gasteiger partial charge on any atom is -0.497 e. The monoisotopic (exact) mass is 489 g/mol. The summed E-state index contributed by atoms with van der Waals surface area (Å²) in [6.45, 7) is 5.79. The highest BCUT2D eigenvalue weighted by atomic mass is 80.0. The van der Waals surface area contributed by atoms with E-state index in [1.165, 1.54) is 0 Å². The molecule has 1 aromatic carbocycles. The zero-order valence-electron chi connectivity index (χ0n) is 11.7. The molecule has 0 aliphatic heterocycles. The molecule has 7 heteroatoms. The van der Waals surface area contributed by atoms with Gasteiger partial charge in [0, 0.05) is 0 Å². The van der Waals surface area contributed by atoms with E-state index in [-0.39, 0.29) is 10.8 Å². The lowest BCUT2D eigenvalue weighted by atomic mass is 10.1. The topological polar surface area (TPSA) is 38.3 Å². The van der Waals surface area contributed by atoms with Gasteiger partial charge in [-0.3, -0.25) is 0 Å². The molecule has 0 aromatic heterocycles. The van der Waals surface area contributed by atoms with Gasteiger partial charge in [-0.25, -0.2) is 8.93 Å². The quantitative estimate of drug-likeness (QED) is 0.624. The lowest BCUT2D eigenvalue weighted by Gasteiger charge is -2.30. The Hall–Kier alpha value is 0.570. The van der Waals surface area contributed by atoms with Gasteiger partial charge in [0.25, 0.3) is 0 Å². The van der Waals surface area contributed by atoms with E-state index in [0.717, 1.165) is 11.3 Å². The van der Waals surface area contributed by atoms with Crippen molar-refractivity contribution in [1.82, 2.24) is 4.72 Å². The van der Waals surface area contributed by atoms with Crippen LogP contribution in [0, 0.1) is 0 Å². The normalized spacial score (nSPS) is 15.8. The van der Waals surface area contributed by atoms with E-state index in [9.17, 15) is 4.21 Å². The molecule has 0 saturated heterocycles. The Kier molecular flexibility index (Phi) is 6.72. The molecule has 0 radical (unpaired) electrons. The summed E-state index contributed by atoms with van der Waals surface area (Å²) in [7, 11) is 0.435. The smallest absolute Gasteiger partial charge is 0.155 e. The number of hydrogen-bond acceptors (Lipinski definition) is 2. The van der Waals surface area contributed by atoms with Crippen LogP contribution in [0.1, 0.15) is 32.4 Å². The average Bonchev–Trinajstić information content (AvgIpc) is 2.33. The maximum atomic E-state index is 12.3. The molecular weight excluding hydrogens is 474 g/mol. The Morgan fingerprint density at radius 2 is 1.65 bits per heavy atom. The Morgan fingerprint density at radius 3 is 2.00 bits per heavy atom. The number of nitrogens with one attached hydrogen (secondary N) is 1. The summed E-state index contributed by atoms with van der Waals surface area (Å²) in [6, 6.07) is 7.41. The minimum absolute atomic E-state index is 0.228. The van der Waals surface area contributed by atoms with Crippen molar-refractivity contribution < 1.29 is 8.95 Å². The van der Waals surface area contributed by atoms with Crippen molar-refractivity contribution in [3.05, 3.63) is 29.8 Å². The number of methoxy groups -OCH3 is 1. The van der Waals surface area contributed by atoms with Crippen LogP contribution in [0.5, 0.6) is 5.75 Å². The van der Waals surface area contributed by atoms with Gasteiger partial charge in [0.2, 0.25) is 0 Å². The molecule has 0 fully saturated rings. The van der Waals surface area contributed by atoms with Gasteiger partial charge in [0.15, 0.2) is 2.14 Å². The van der Waals surface area contributed by atoms with Crippen LogP contribution in [0.15, 0.2) is 24.3 Å². The fourth-order valence-electron chi connectivity index (χ4n) is 1.40. The fourth-order valence-corrected chi connectivity index (χ4v) is 3.88. The van der Waals surface area contributed by atoms with Crippen LogP contribution in [0.2, 0.25) is 0 Å². The molecule has 20 heavy (non-hydrogen) atoms. The van der Waals surface area contributed by atoms with E-state index in [1.807, 2.05) is 45.0 Å². The Morgan fingerprint density at radius 1 is 1.15 bits per heavy atom. The summed E-state index contributed by atoms with van der Waals surface area (Å²) in [5, 5.41) is 0. The van der Waals surface area contributed by atoms with Gasteiger partial charge >= 0.3 is 0 Å². The maximum Gasteiger partial charge on any atom is 0.155 e. The molecule has 1 unspecified atom stereocenters. The molecular formula is C13H18Br3NO2S. The Labute approximate surface area is 148 Å². The van der Waals surface area contributed by atoms with Crippen molar-refractivity contribution in [3.8, 4) is 5.75 Å². The fraction of sp³-hybridized carbons (Fsp3) is 0.538. The van der Waals surface area contributed by atoms with Crippen LogP contribution in [-0.2, 0) is 11.0 Å². The number of rotatable bonds is 4. The molecule has 0 bridgehead atoms. The Bertz CT molecular complexity index is 466. The molecule has 1 N–H and O–H groups in total. The van der Waals surface area contributed by atoms with Crippen LogP contribution in [-0.4, -0.2) is 18.2 Å². The van der Waals surface area contributed by atoms with Crippen LogP contribution >= 0.6 is 47.8 Å². The highest BCUT2D eigenvalue weighted by molar-refractivity contribution is 9.39. The first-order valence-electron chi connectivity index (χ1n) is 5.94. The molecule has 0 aliphatic carbocycles. The number of halogens is 3. The summed E-state index contributed by atoms with van der Waals surface area (Å²) >= 11 is 10.6. The van der Waals surface area contributed by atoms with Gasteiger partial charge < -0.3 is 4.74 Å². The molecule has 0 spiro atoms. The molecule has 114 valence electrons. The third-order valence-electron chi connectivity index (χ3n) is 2.56. The molecule has 3 nitrogen and oxygen atoms in total. The van der Waals surface area contributed by atoms with Gasteiger partial charge in [-0.2, -0.15) is 0 Å². The summed E-state index contributed by atoms with van der Waals surface area (Å²) in [5.41, 5.74) is 0.981. The lowest BCUT2D eigenvalue weighted by molar-refractivity contribution is 0.414. The first kappa shape index (κ1) is 18.6. The van der Waals surface area contributed by atoms with E-state index in [0.29, 0.717) is 0 Å². The zero-order valence-corrected chi connectivity index (χ0v) is 17.3. The summed E-state index contributed by atoms with van der Waals surface area (Å²) in [5.74, 6) is 0.786. The number of benzene rings is 1. The van der Waals surface area contributed by atoms with E-state index >= 15 is 0 Å². The second kappa shape index (κ2) is 7.22. The number of alkyl halides is 3. The molecule has 2 atom stereocenters. The third kappa shape index (κ3) is 5.40.